The van der Waals surface area contributed by atoms with Crippen LogP contribution < -0.4 is 10.5 Å². The zero-order chi connectivity index (χ0) is 10.4. The first-order valence-electron chi connectivity index (χ1n) is 4.54. The summed E-state index contributed by atoms with van der Waals surface area (Å²) in [6, 6.07) is 0. The van der Waals surface area contributed by atoms with E-state index in [0.717, 1.165) is 0 Å². The number of rotatable bonds is 5. The number of hydrogen-bond acceptors (Lipinski definition) is 5. The quantitative estimate of drug-likeness (QED) is 0.758. The lowest BCUT2D eigenvalue weighted by molar-refractivity contribution is 0.0637. The second-order valence-corrected chi connectivity index (χ2v) is 2.87. The van der Waals surface area contributed by atoms with Crippen LogP contribution in [0.2, 0.25) is 0 Å². The first kappa shape index (κ1) is 10.7. The van der Waals surface area contributed by atoms with Gasteiger partial charge in [0.05, 0.1) is 12.8 Å². The highest BCUT2D eigenvalue weighted by atomic mass is 16.5. The van der Waals surface area contributed by atoms with Gasteiger partial charge in [-0.15, -0.1) is 0 Å². The molecule has 1 aromatic rings. The third kappa shape index (κ3) is 3.18. The Hall–Kier alpha value is -1.36. The molecule has 1 unspecified atom stereocenters. The maximum absolute atomic E-state index is 5.61. The Kier molecular flexibility index (Phi) is 4.12. The first-order chi connectivity index (χ1) is 6.74. The number of nitrogens with zero attached hydrogens (tertiary/aromatic N) is 2. The van der Waals surface area contributed by atoms with E-state index >= 15 is 0 Å². The van der Waals surface area contributed by atoms with Gasteiger partial charge in [0.25, 0.3) is 0 Å². The van der Waals surface area contributed by atoms with Crippen LogP contribution in [0.5, 0.6) is 5.88 Å². The Bertz CT molecular complexity index is 281. The molecule has 1 atom stereocenters. The predicted molar refractivity (Wildman–Crippen MR) is 53.0 cm³/mol. The van der Waals surface area contributed by atoms with Crippen LogP contribution in [0.15, 0.2) is 12.5 Å². The second-order valence-electron chi connectivity index (χ2n) is 2.87. The Morgan fingerprint density at radius 2 is 2.36 bits per heavy atom. The Balaban J connectivity index is 2.47. The fraction of sp³-hybridized carbons (Fsp3) is 0.556. The van der Waals surface area contributed by atoms with Crippen LogP contribution in [-0.2, 0) is 4.74 Å². The summed E-state index contributed by atoms with van der Waals surface area (Å²) < 4.78 is 10.6. The molecule has 1 heterocycles. The summed E-state index contributed by atoms with van der Waals surface area (Å²) in [6.45, 7) is 5.04. The lowest BCUT2D eigenvalue weighted by Gasteiger charge is -2.14. The maximum atomic E-state index is 5.61. The highest BCUT2D eigenvalue weighted by Crippen LogP contribution is 2.16. The number of ether oxygens (including phenoxy) is 2. The molecule has 1 rings (SSSR count). The normalized spacial score (nSPS) is 12.4. The van der Waals surface area contributed by atoms with Crippen molar-refractivity contribution >= 4 is 5.69 Å². The molecule has 2 N–H and O–H groups in total. The molecule has 0 bridgehead atoms. The van der Waals surface area contributed by atoms with Crippen molar-refractivity contribution in [2.75, 3.05) is 18.9 Å². The maximum Gasteiger partial charge on any atom is 0.240 e. The van der Waals surface area contributed by atoms with Gasteiger partial charge in [0.15, 0.2) is 0 Å². The number of hydrogen-bond donors (Lipinski definition) is 1. The van der Waals surface area contributed by atoms with Crippen molar-refractivity contribution in [1.82, 2.24) is 9.97 Å². The third-order valence-corrected chi connectivity index (χ3v) is 1.57. The third-order valence-electron chi connectivity index (χ3n) is 1.57. The average Bonchev–Trinajstić information content (AvgIpc) is 2.18. The molecule has 78 valence electrons. The molecular weight excluding hydrogens is 182 g/mol. The molecule has 0 radical (unpaired) electrons. The molecule has 0 saturated heterocycles. The SMILES string of the molecule is CCOCC(C)Oc1ncncc1N. The molecule has 5 heteroatoms. The standard InChI is InChI=1S/C9H15N3O2/c1-3-13-5-7(2)14-9-8(10)4-11-6-12-9/h4,6-7H,3,5,10H2,1-2H3. The minimum absolute atomic E-state index is 0.0628. The molecule has 0 amide bonds. The van der Waals surface area contributed by atoms with Crippen LogP contribution in [0.3, 0.4) is 0 Å². The van der Waals surface area contributed by atoms with Gasteiger partial charge in [-0.1, -0.05) is 0 Å². The van der Waals surface area contributed by atoms with E-state index in [0.29, 0.717) is 24.8 Å². The molecule has 0 saturated carbocycles. The van der Waals surface area contributed by atoms with E-state index in [-0.39, 0.29) is 6.10 Å². The fourth-order valence-electron chi connectivity index (χ4n) is 0.936. The summed E-state index contributed by atoms with van der Waals surface area (Å²) in [5.74, 6) is 0.409. The molecule has 0 aliphatic heterocycles. The number of nitrogen functional groups attached to an aromatic ring is 1. The molecule has 0 aliphatic carbocycles. The molecule has 0 aliphatic rings. The minimum atomic E-state index is -0.0628. The zero-order valence-electron chi connectivity index (χ0n) is 8.43. The van der Waals surface area contributed by atoms with Gasteiger partial charge in [-0.3, -0.25) is 0 Å². The average molecular weight is 197 g/mol. The van der Waals surface area contributed by atoms with Crippen molar-refractivity contribution in [1.29, 1.82) is 0 Å². The zero-order valence-corrected chi connectivity index (χ0v) is 8.43. The van der Waals surface area contributed by atoms with Crippen LogP contribution in [0.1, 0.15) is 13.8 Å². The molecule has 0 spiro atoms. The van der Waals surface area contributed by atoms with E-state index in [2.05, 4.69) is 9.97 Å². The molecule has 0 fully saturated rings. The predicted octanol–water partition coefficient (Wildman–Crippen LogP) is 0.863. The summed E-state index contributed by atoms with van der Waals surface area (Å²) in [5, 5.41) is 0. The summed E-state index contributed by atoms with van der Waals surface area (Å²) in [4.78, 5) is 7.68. The van der Waals surface area contributed by atoms with Crippen molar-refractivity contribution in [3.05, 3.63) is 12.5 Å². The van der Waals surface area contributed by atoms with Crippen molar-refractivity contribution in [2.45, 2.75) is 20.0 Å². The van der Waals surface area contributed by atoms with Crippen LogP contribution in [0.4, 0.5) is 5.69 Å². The van der Waals surface area contributed by atoms with Crippen molar-refractivity contribution in [3.63, 3.8) is 0 Å². The van der Waals surface area contributed by atoms with Gasteiger partial charge in [-0.05, 0) is 13.8 Å². The van der Waals surface area contributed by atoms with Gasteiger partial charge >= 0.3 is 0 Å². The lowest BCUT2D eigenvalue weighted by Crippen LogP contribution is -2.20. The number of aromatic nitrogens is 2. The molecule has 5 nitrogen and oxygen atoms in total. The molecule has 1 aromatic heterocycles. The summed E-state index contributed by atoms with van der Waals surface area (Å²) in [6.07, 6.45) is 2.85. The van der Waals surface area contributed by atoms with E-state index in [9.17, 15) is 0 Å². The Labute approximate surface area is 83.3 Å². The first-order valence-corrected chi connectivity index (χ1v) is 4.54. The van der Waals surface area contributed by atoms with Gasteiger partial charge in [-0.2, -0.15) is 4.98 Å². The largest absolute Gasteiger partial charge is 0.471 e. The minimum Gasteiger partial charge on any atom is -0.471 e. The molecule has 14 heavy (non-hydrogen) atoms. The molecule has 0 aromatic carbocycles. The summed E-state index contributed by atoms with van der Waals surface area (Å²) in [7, 11) is 0. The summed E-state index contributed by atoms with van der Waals surface area (Å²) in [5.41, 5.74) is 6.05. The Morgan fingerprint density at radius 1 is 1.57 bits per heavy atom. The van der Waals surface area contributed by atoms with Gasteiger partial charge in [0, 0.05) is 6.61 Å². The highest BCUT2D eigenvalue weighted by molar-refractivity contribution is 5.44. The van der Waals surface area contributed by atoms with Crippen LogP contribution in [0, 0.1) is 0 Å². The van der Waals surface area contributed by atoms with E-state index < -0.39 is 0 Å². The van der Waals surface area contributed by atoms with E-state index in [4.69, 9.17) is 15.2 Å². The number of nitrogens with two attached hydrogens (primary N) is 1. The van der Waals surface area contributed by atoms with Gasteiger partial charge < -0.3 is 15.2 Å². The molecular formula is C9H15N3O2. The van der Waals surface area contributed by atoms with E-state index in [1.807, 2.05) is 13.8 Å². The van der Waals surface area contributed by atoms with E-state index in [1.54, 1.807) is 0 Å². The van der Waals surface area contributed by atoms with Crippen LogP contribution >= 0.6 is 0 Å². The van der Waals surface area contributed by atoms with Gasteiger partial charge in [0.1, 0.15) is 18.1 Å². The monoisotopic (exact) mass is 197 g/mol. The van der Waals surface area contributed by atoms with Gasteiger partial charge in [0.2, 0.25) is 5.88 Å². The second kappa shape index (κ2) is 5.39. The lowest BCUT2D eigenvalue weighted by atomic mass is 10.4. The summed E-state index contributed by atoms with van der Waals surface area (Å²) >= 11 is 0. The number of anilines is 1. The highest BCUT2D eigenvalue weighted by Gasteiger charge is 2.07. The Morgan fingerprint density at radius 3 is 3.00 bits per heavy atom. The van der Waals surface area contributed by atoms with Crippen LogP contribution in [0.25, 0.3) is 0 Å². The van der Waals surface area contributed by atoms with Crippen molar-refractivity contribution in [3.8, 4) is 5.88 Å². The van der Waals surface area contributed by atoms with Gasteiger partial charge in [-0.25, -0.2) is 4.98 Å². The van der Waals surface area contributed by atoms with Crippen LogP contribution in [-0.4, -0.2) is 29.3 Å². The topological polar surface area (TPSA) is 70.3 Å². The van der Waals surface area contributed by atoms with Crippen molar-refractivity contribution < 1.29 is 9.47 Å². The van der Waals surface area contributed by atoms with E-state index in [1.165, 1.54) is 12.5 Å². The van der Waals surface area contributed by atoms with Crippen molar-refractivity contribution in [2.24, 2.45) is 0 Å². The fourth-order valence-corrected chi connectivity index (χ4v) is 0.936. The smallest absolute Gasteiger partial charge is 0.240 e.